The summed E-state index contributed by atoms with van der Waals surface area (Å²) in [6.45, 7) is 9.87. The Morgan fingerprint density at radius 1 is 1.53 bits per heavy atom. The number of rotatable bonds is 4. The highest BCUT2D eigenvalue weighted by Gasteiger charge is 2.45. The molecule has 100 valence electrons. The van der Waals surface area contributed by atoms with Crippen molar-refractivity contribution < 1.29 is 4.21 Å². The van der Waals surface area contributed by atoms with E-state index in [0.29, 0.717) is 11.6 Å². The number of nitrogens with one attached hydrogen (secondary N) is 1. The Balaban J connectivity index is 1.97. The van der Waals surface area contributed by atoms with E-state index in [2.05, 4.69) is 31.0 Å². The van der Waals surface area contributed by atoms with Crippen LogP contribution in [-0.2, 0) is 10.8 Å². The van der Waals surface area contributed by atoms with Crippen molar-refractivity contribution in [3.63, 3.8) is 0 Å². The monoisotopic (exact) mass is 258 g/mol. The first-order valence-corrected chi connectivity index (χ1v) is 8.36. The molecule has 2 rings (SSSR count). The Morgan fingerprint density at radius 2 is 2.18 bits per heavy atom. The molecule has 4 heteroatoms. The molecule has 0 radical (unpaired) electrons. The van der Waals surface area contributed by atoms with E-state index in [0.717, 1.165) is 25.6 Å². The lowest BCUT2D eigenvalue weighted by atomic mass is 9.91. The molecule has 0 spiro atoms. The fourth-order valence-corrected chi connectivity index (χ4v) is 3.22. The van der Waals surface area contributed by atoms with Gasteiger partial charge in [0.15, 0.2) is 0 Å². The van der Waals surface area contributed by atoms with Crippen molar-refractivity contribution in [2.24, 2.45) is 5.92 Å². The maximum absolute atomic E-state index is 11.5. The normalized spacial score (nSPS) is 38.9. The van der Waals surface area contributed by atoms with Crippen molar-refractivity contribution in [3.8, 4) is 0 Å². The van der Waals surface area contributed by atoms with Crippen LogP contribution in [0.3, 0.4) is 0 Å². The Hall–Kier alpha value is 0.0700. The van der Waals surface area contributed by atoms with Crippen LogP contribution < -0.4 is 5.32 Å². The predicted molar refractivity (Wildman–Crippen MR) is 73.7 cm³/mol. The second kappa shape index (κ2) is 4.98. The molecule has 1 aliphatic heterocycles. The van der Waals surface area contributed by atoms with Crippen molar-refractivity contribution in [2.75, 3.05) is 25.9 Å². The van der Waals surface area contributed by atoms with Gasteiger partial charge < -0.3 is 5.32 Å². The molecule has 17 heavy (non-hydrogen) atoms. The maximum Gasteiger partial charge on any atom is 0.0444 e. The van der Waals surface area contributed by atoms with E-state index in [1.54, 1.807) is 0 Å². The Labute approximate surface area is 108 Å². The standard InChI is InChI=1S/C13H26N2OS/c1-10-7-14-13(3,12-5-6-12)9-15(10)8-11(2)17(4)16/h10-12,14H,5-9H2,1-4H3. The third-order valence-corrected chi connectivity index (χ3v) is 5.78. The molecule has 1 saturated carbocycles. The third kappa shape index (κ3) is 3.09. The number of hydrogen-bond donors (Lipinski definition) is 1. The van der Waals surface area contributed by atoms with Crippen LogP contribution in [-0.4, -0.2) is 51.8 Å². The summed E-state index contributed by atoms with van der Waals surface area (Å²) >= 11 is 0. The van der Waals surface area contributed by atoms with Gasteiger partial charge in [-0.1, -0.05) is 0 Å². The van der Waals surface area contributed by atoms with Crippen LogP contribution in [0.1, 0.15) is 33.6 Å². The molecule has 1 aliphatic carbocycles. The Bertz CT molecular complexity index is 306. The quantitative estimate of drug-likeness (QED) is 0.823. The lowest BCUT2D eigenvalue weighted by Crippen LogP contribution is -2.64. The molecule has 0 aromatic carbocycles. The van der Waals surface area contributed by atoms with E-state index in [1.165, 1.54) is 12.8 Å². The summed E-state index contributed by atoms with van der Waals surface area (Å²) < 4.78 is 11.5. The van der Waals surface area contributed by atoms with Gasteiger partial charge in [-0.25, -0.2) is 0 Å². The van der Waals surface area contributed by atoms with Crippen LogP contribution in [0.5, 0.6) is 0 Å². The SMILES string of the molecule is CC1CNC(C)(C2CC2)CN1CC(C)S(C)=O. The minimum absolute atomic E-state index is 0.277. The summed E-state index contributed by atoms with van der Waals surface area (Å²) in [4.78, 5) is 2.53. The minimum atomic E-state index is -0.709. The average Bonchev–Trinajstić information content (AvgIpc) is 3.07. The summed E-state index contributed by atoms with van der Waals surface area (Å²) in [5, 5.41) is 4.00. The van der Waals surface area contributed by atoms with E-state index >= 15 is 0 Å². The molecule has 2 fully saturated rings. The van der Waals surface area contributed by atoms with Crippen LogP contribution in [0.4, 0.5) is 0 Å². The first-order chi connectivity index (χ1) is 7.92. The molecule has 0 bridgehead atoms. The van der Waals surface area contributed by atoms with Gasteiger partial charge >= 0.3 is 0 Å². The molecule has 0 aromatic heterocycles. The van der Waals surface area contributed by atoms with Gasteiger partial charge in [-0.15, -0.1) is 0 Å². The Morgan fingerprint density at radius 3 is 2.71 bits per heavy atom. The molecule has 2 aliphatic rings. The average molecular weight is 258 g/mol. The lowest BCUT2D eigenvalue weighted by molar-refractivity contribution is 0.0845. The Kier molecular flexibility index (Phi) is 3.96. The van der Waals surface area contributed by atoms with Crippen molar-refractivity contribution in [2.45, 2.75) is 50.4 Å². The summed E-state index contributed by atoms with van der Waals surface area (Å²) in [5.74, 6) is 0.861. The molecule has 4 unspecified atom stereocenters. The molecule has 4 atom stereocenters. The van der Waals surface area contributed by atoms with E-state index in [1.807, 2.05) is 6.26 Å². The van der Waals surface area contributed by atoms with Crippen LogP contribution in [0.25, 0.3) is 0 Å². The van der Waals surface area contributed by atoms with Gasteiger partial charge in [-0.2, -0.15) is 0 Å². The minimum Gasteiger partial charge on any atom is -0.308 e. The molecule has 0 amide bonds. The number of piperazine rings is 1. The highest BCUT2D eigenvalue weighted by molar-refractivity contribution is 7.84. The molecule has 1 heterocycles. The highest BCUT2D eigenvalue weighted by atomic mass is 32.2. The predicted octanol–water partition coefficient (Wildman–Crippen LogP) is 1.22. The molecule has 1 N–H and O–H groups in total. The number of nitrogens with zero attached hydrogens (tertiary/aromatic N) is 1. The molecule has 1 saturated heterocycles. The number of hydrogen-bond acceptors (Lipinski definition) is 3. The largest absolute Gasteiger partial charge is 0.308 e. The molecular formula is C13H26N2OS. The van der Waals surface area contributed by atoms with Gasteiger partial charge in [0.05, 0.1) is 0 Å². The first-order valence-electron chi connectivity index (χ1n) is 6.73. The van der Waals surface area contributed by atoms with Crippen molar-refractivity contribution >= 4 is 10.8 Å². The van der Waals surface area contributed by atoms with Crippen molar-refractivity contribution in [3.05, 3.63) is 0 Å². The lowest BCUT2D eigenvalue weighted by Gasteiger charge is -2.46. The summed E-state index contributed by atoms with van der Waals surface area (Å²) in [7, 11) is -0.709. The first kappa shape index (κ1) is 13.5. The van der Waals surface area contributed by atoms with E-state index in [4.69, 9.17) is 0 Å². The fraction of sp³-hybridized carbons (Fsp3) is 1.00. The van der Waals surface area contributed by atoms with Gasteiger partial charge in [-0.05, 0) is 39.5 Å². The van der Waals surface area contributed by atoms with Gasteiger partial charge in [0.1, 0.15) is 0 Å². The molecule has 0 aromatic rings. The summed E-state index contributed by atoms with van der Waals surface area (Å²) in [6.07, 6.45) is 4.57. The summed E-state index contributed by atoms with van der Waals surface area (Å²) in [5.41, 5.74) is 0.293. The smallest absolute Gasteiger partial charge is 0.0444 e. The fourth-order valence-electron chi connectivity index (χ4n) is 2.82. The highest BCUT2D eigenvalue weighted by Crippen LogP contribution is 2.41. The van der Waals surface area contributed by atoms with E-state index < -0.39 is 10.8 Å². The molecular weight excluding hydrogens is 232 g/mol. The third-order valence-electron chi connectivity index (χ3n) is 4.49. The molecule has 3 nitrogen and oxygen atoms in total. The zero-order chi connectivity index (χ0) is 12.6. The second-order valence-corrected chi connectivity index (χ2v) is 7.96. The van der Waals surface area contributed by atoms with E-state index in [9.17, 15) is 4.21 Å². The van der Waals surface area contributed by atoms with E-state index in [-0.39, 0.29) is 5.25 Å². The van der Waals surface area contributed by atoms with Gasteiger partial charge in [-0.3, -0.25) is 9.11 Å². The zero-order valence-corrected chi connectivity index (χ0v) is 12.3. The maximum atomic E-state index is 11.5. The van der Waals surface area contributed by atoms with Gasteiger partial charge in [0.2, 0.25) is 0 Å². The van der Waals surface area contributed by atoms with Crippen LogP contribution in [0.2, 0.25) is 0 Å². The van der Waals surface area contributed by atoms with Crippen LogP contribution in [0, 0.1) is 5.92 Å². The van der Waals surface area contributed by atoms with Gasteiger partial charge in [0, 0.05) is 53.5 Å². The van der Waals surface area contributed by atoms with Crippen molar-refractivity contribution in [1.82, 2.24) is 10.2 Å². The van der Waals surface area contributed by atoms with Crippen LogP contribution >= 0.6 is 0 Å². The van der Waals surface area contributed by atoms with Crippen molar-refractivity contribution in [1.29, 1.82) is 0 Å². The second-order valence-electron chi connectivity index (χ2n) is 6.16. The summed E-state index contributed by atoms with van der Waals surface area (Å²) in [6, 6.07) is 0.563. The topological polar surface area (TPSA) is 32.3 Å². The van der Waals surface area contributed by atoms with Crippen LogP contribution in [0.15, 0.2) is 0 Å². The van der Waals surface area contributed by atoms with Gasteiger partial charge in [0.25, 0.3) is 0 Å². The zero-order valence-electron chi connectivity index (χ0n) is 11.5.